The highest BCUT2D eigenvalue weighted by molar-refractivity contribution is 7.80. The Morgan fingerprint density at radius 2 is 1.35 bits per heavy atom. The molecule has 0 spiro atoms. The van der Waals surface area contributed by atoms with E-state index in [1.807, 2.05) is 36.4 Å². The molecule has 0 unspecified atom stereocenters. The van der Waals surface area contributed by atoms with E-state index in [-0.39, 0.29) is 43.3 Å². The maximum Gasteiger partial charge on any atom is 0.306 e. The summed E-state index contributed by atoms with van der Waals surface area (Å²) in [6.45, 7) is 0.282. The molecular formula is C24H28N4O5S. The van der Waals surface area contributed by atoms with Crippen molar-refractivity contribution in [3.63, 3.8) is 0 Å². The van der Waals surface area contributed by atoms with Gasteiger partial charge < -0.3 is 15.4 Å². The largest absolute Gasteiger partial charge is 0.466 e. The molecule has 0 aromatic heterocycles. The van der Waals surface area contributed by atoms with Crippen LogP contribution in [0, 0.1) is 0 Å². The molecule has 0 fully saturated rings. The first-order valence-corrected chi connectivity index (χ1v) is 11.3. The molecule has 180 valence electrons. The Balaban J connectivity index is 1.51. The second-order valence-corrected chi connectivity index (χ2v) is 7.68. The number of esters is 1. The van der Waals surface area contributed by atoms with Crippen molar-refractivity contribution in [1.82, 2.24) is 16.2 Å². The third-order valence-corrected chi connectivity index (χ3v) is 4.68. The van der Waals surface area contributed by atoms with Crippen molar-refractivity contribution in [2.45, 2.75) is 38.5 Å². The van der Waals surface area contributed by atoms with Crippen molar-refractivity contribution in [3.8, 4) is 0 Å². The highest BCUT2D eigenvalue weighted by Gasteiger charge is 2.11. The predicted octanol–water partition coefficient (Wildman–Crippen LogP) is 2.38. The third kappa shape index (κ3) is 11.7. The molecule has 0 bridgehead atoms. The Bertz CT molecular complexity index is 970. The van der Waals surface area contributed by atoms with Crippen molar-refractivity contribution in [2.75, 3.05) is 11.9 Å². The first-order valence-electron chi connectivity index (χ1n) is 10.9. The molecule has 0 radical (unpaired) electrons. The molecule has 0 saturated carbocycles. The predicted molar refractivity (Wildman–Crippen MR) is 131 cm³/mol. The summed E-state index contributed by atoms with van der Waals surface area (Å²) >= 11 is 4.93. The van der Waals surface area contributed by atoms with Crippen LogP contribution in [0.4, 0.5) is 5.69 Å². The molecule has 0 aliphatic heterocycles. The molecule has 2 aromatic rings. The lowest BCUT2D eigenvalue weighted by Gasteiger charge is -2.11. The van der Waals surface area contributed by atoms with Gasteiger partial charge in [0.25, 0.3) is 0 Å². The summed E-state index contributed by atoms with van der Waals surface area (Å²) < 4.78 is 5.12. The van der Waals surface area contributed by atoms with Crippen LogP contribution < -0.4 is 21.5 Å². The number of carbonyl (C=O) groups is 4. The lowest BCUT2D eigenvalue weighted by molar-refractivity contribution is -0.145. The summed E-state index contributed by atoms with van der Waals surface area (Å²) in [5.41, 5.74) is 6.50. The molecule has 0 heterocycles. The number of para-hydroxylation sites is 1. The van der Waals surface area contributed by atoms with Gasteiger partial charge in [-0.2, -0.15) is 0 Å². The standard InChI is InChI=1S/C24H28N4O5S/c29-20(25-19-11-5-2-6-12-19)13-14-22(31)27-28-24(34)26-21(30)15-16-23(32)33-17-7-10-18-8-3-1-4-9-18/h1-6,8-9,11-12H,7,10,13-17H2,(H,25,29)(H,27,31)(H2,26,28,30,34). The number of ether oxygens (including phenoxy) is 1. The summed E-state index contributed by atoms with van der Waals surface area (Å²) in [7, 11) is 0. The molecule has 2 aromatic carbocycles. The molecule has 0 aliphatic rings. The summed E-state index contributed by atoms with van der Waals surface area (Å²) in [6.07, 6.45) is 1.23. The number of benzene rings is 2. The van der Waals surface area contributed by atoms with E-state index < -0.39 is 17.8 Å². The van der Waals surface area contributed by atoms with E-state index in [0.29, 0.717) is 12.1 Å². The Morgan fingerprint density at radius 3 is 2.06 bits per heavy atom. The minimum absolute atomic E-state index is 0.0189. The number of rotatable bonds is 11. The van der Waals surface area contributed by atoms with Gasteiger partial charge in [-0.1, -0.05) is 48.5 Å². The number of hydrogen-bond donors (Lipinski definition) is 4. The first kappa shape index (κ1) is 26.5. The van der Waals surface area contributed by atoms with E-state index in [1.165, 1.54) is 5.56 Å². The fraction of sp³-hybridized carbons (Fsp3) is 0.292. The molecule has 0 aliphatic carbocycles. The second kappa shape index (κ2) is 15.1. The Hall–Kier alpha value is -3.79. The summed E-state index contributed by atoms with van der Waals surface area (Å²) in [4.78, 5) is 47.3. The van der Waals surface area contributed by atoms with Crippen molar-refractivity contribution in [3.05, 3.63) is 66.2 Å². The van der Waals surface area contributed by atoms with Crippen molar-refractivity contribution < 1.29 is 23.9 Å². The van der Waals surface area contributed by atoms with E-state index in [4.69, 9.17) is 17.0 Å². The van der Waals surface area contributed by atoms with Gasteiger partial charge in [-0.15, -0.1) is 0 Å². The van der Waals surface area contributed by atoms with Crippen LogP contribution in [0.15, 0.2) is 60.7 Å². The SMILES string of the molecule is O=C(CCC(=O)Nc1ccccc1)NNC(=S)NC(=O)CCC(=O)OCCCc1ccccc1. The number of hydrazine groups is 1. The molecular weight excluding hydrogens is 456 g/mol. The molecule has 2 rings (SSSR count). The van der Waals surface area contributed by atoms with Crippen molar-refractivity contribution in [2.24, 2.45) is 0 Å². The Kier molecular flexibility index (Phi) is 11.8. The van der Waals surface area contributed by atoms with Gasteiger partial charge in [0.15, 0.2) is 5.11 Å². The van der Waals surface area contributed by atoms with Crippen LogP contribution in [-0.2, 0) is 30.3 Å². The first-order chi connectivity index (χ1) is 16.4. The van der Waals surface area contributed by atoms with E-state index in [0.717, 1.165) is 6.42 Å². The van der Waals surface area contributed by atoms with Gasteiger partial charge >= 0.3 is 5.97 Å². The van der Waals surface area contributed by atoms with Crippen molar-refractivity contribution >= 4 is 46.7 Å². The zero-order valence-corrected chi connectivity index (χ0v) is 19.5. The maximum absolute atomic E-state index is 11.9. The molecule has 10 heteroatoms. The van der Waals surface area contributed by atoms with Crippen LogP contribution in [0.5, 0.6) is 0 Å². The van der Waals surface area contributed by atoms with Crippen LogP contribution in [-0.4, -0.2) is 35.4 Å². The van der Waals surface area contributed by atoms with Gasteiger partial charge in [0.05, 0.1) is 13.0 Å². The van der Waals surface area contributed by atoms with Gasteiger partial charge in [-0.25, -0.2) is 0 Å². The van der Waals surface area contributed by atoms with E-state index >= 15 is 0 Å². The van der Waals surface area contributed by atoms with Crippen LogP contribution in [0.2, 0.25) is 0 Å². The third-order valence-electron chi connectivity index (χ3n) is 4.48. The molecule has 4 N–H and O–H groups in total. The van der Waals surface area contributed by atoms with Gasteiger partial charge in [-0.3, -0.25) is 30.0 Å². The normalized spacial score (nSPS) is 10.0. The number of nitrogens with one attached hydrogen (secondary N) is 4. The van der Waals surface area contributed by atoms with Crippen LogP contribution >= 0.6 is 12.2 Å². The quantitative estimate of drug-likeness (QED) is 0.167. The molecule has 3 amide bonds. The number of amides is 3. The topological polar surface area (TPSA) is 126 Å². The average Bonchev–Trinajstić information content (AvgIpc) is 2.84. The van der Waals surface area contributed by atoms with Crippen LogP contribution in [0.1, 0.15) is 37.7 Å². The molecule has 0 atom stereocenters. The Labute approximate surface area is 203 Å². The Morgan fingerprint density at radius 1 is 0.735 bits per heavy atom. The molecule has 9 nitrogen and oxygen atoms in total. The minimum atomic E-state index is -0.491. The maximum atomic E-state index is 11.9. The smallest absolute Gasteiger partial charge is 0.306 e. The van der Waals surface area contributed by atoms with E-state index in [1.54, 1.807) is 24.3 Å². The van der Waals surface area contributed by atoms with Crippen LogP contribution in [0.25, 0.3) is 0 Å². The highest BCUT2D eigenvalue weighted by Crippen LogP contribution is 2.06. The summed E-state index contributed by atoms with van der Waals surface area (Å²) in [5.74, 6) is -1.73. The number of thiocarbonyl (C=S) groups is 1. The van der Waals surface area contributed by atoms with E-state index in [9.17, 15) is 19.2 Å². The zero-order valence-electron chi connectivity index (χ0n) is 18.7. The summed E-state index contributed by atoms with van der Waals surface area (Å²) in [5, 5.41) is 4.91. The van der Waals surface area contributed by atoms with Gasteiger partial charge in [-0.05, 0) is 42.8 Å². The number of hydrogen-bond acceptors (Lipinski definition) is 6. The average molecular weight is 485 g/mol. The van der Waals surface area contributed by atoms with Crippen LogP contribution in [0.3, 0.4) is 0 Å². The van der Waals surface area contributed by atoms with Crippen molar-refractivity contribution in [1.29, 1.82) is 0 Å². The number of anilines is 1. The van der Waals surface area contributed by atoms with E-state index in [2.05, 4.69) is 21.5 Å². The number of carbonyl (C=O) groups excluding carboxylic acids is 4. The number of aryl methyl sites for hydroxylation is 1. The fourth-order valence-electron chi connectivity index (χ4n) is 2.78. The van der Waals surface area contributed by atoms with Gasteiger partial charge in [0.1, 0.15) is 0 Å². The molecule has 34 heavy (non-hydrogen) atoms. The highest BCUT2D eigenvalue weighted by atomic mass is 32.1. The fourth-order valence-corrected chi connectivity index (χ4v) is 2.94. The molecule has 0 saturated heterocycles. The lowest BCUT2D eigenvalue weighted by atomic mass is 10.1. The summed E-state index contributed by atoms with van der Waals surface area (Å²) in [6, 6.07) is 18.8. The monoisotopic (exact) mass is 484 g/mol. The van der Waals surface area contributed by atoms with Gasteiger partial charge in [0.2, 0.25) is 17.7 Å². The second-order valence-electron chi connectivity index (χ2n) is 7.27. The zero-order chi connectivity index (χ0) is 24.6. The van der Waals surface area contributed by atoms with Gasteiger partial charge in [0, 0.05) is 24.9 Å². The lowest BCUT2D eigenvalue weighted by Crippen LogP contribution is -2.48. The minimum Gasteiger partial charge on any atom is -0.466 e.